The number of aromatic nitrogens is 3. The van der Waals surface area contributed by atoms with Gasteiger partial charge in [0.15, 0.2) is 11.0 Å². The average Bonchev–Trinajstić information content (AvgIpc) is 3.05. The quantitative estimate of drug-likeness (QED) is 0.663. The monoisotopic (exact) mass is 451 g/mol. The van der Waals surface area contributed by atoms with Gasteiger partial charge in [-0.25, -0.2) is 4.79 Å². The lowest BCUT2D eigenvalue weighted by molar-refractivity contribution is -0.130. The molecule has 10 heteroatoms. The molecule has 1 fully saturated rings. The lowest BCUT2D eigenvalue weighted by Crippen LogP contribution is -2.52. The van der Waals surface area contributed by atoms with Crippen LogP contribution in [0.1, 0.15) is 20.8 Å². The zero-order chi connectivity index (χ0) is 21.9. The van der Waals surface area contributed by atoms with Gasteiger partial charge in [0.05, 0.1) is 10.8 Å². The van der Waals surface area contributed by atoms with Crippen molar-refractivity contribution in [2.24, 2.45) is 7.05 Å². The Morgan fingerprint density at radius 2 is 1.73 bits per heavy atom. The number of carbonyl (C=O) groups is 2. The standard InChI is InChI=1S/C20H26ClN5O3S/c1-20(2,3)29-19(28)26-11-9-25(10-12-26)16(27)13-30-18-23-22-17(24(18)4)14-7-5-6-8-15(14)21/h5-8H,9-13H2,1-4H3. The van der Waals surface area contributed by atoms with E-state index >= 15 is 0 Å². The molecule has 2 amide bonds. The molecular formula is C20H26ClN5O3S. The van der Waals surface area contributed by atoms with Gasteiger partial charge in [-0.1, -0.05) is 35.5 Å². The van der Waals surface area contributed by atoms with E-state index in [-0.39, 0.29) is 17.8 Å². The minimum atomic E-state index is -0.528. The third kappa shape index (κ3) is 5.46. The number of rotatable bonds is 4. The summed E-state index contributed by atoms with van der Waals surface area (Å²) in [5.41, 5.74) is 0.269. The highest BCUT2D eigenvalue weighted by Gasteiger charge is 2.28. The molecule has 1 aliphatic rings. The van der Waals surface area contributed by atoms with Crippen LogP contribution < -0.4 is 0 Å². The van der Waals surface area contributed by atoms with E-state index in [4.69, 9.17) is 16.3 Å². The minimum Gasteiger partial charge on any atom is -0.444 e. The van der Waals surface area contributed by atoms with E-state index in [2.05, 4.69) is 10.2 Å². The number of piperazine rings is 1. The highest BCUT2D eigenvalue weighted by Crippen LogP contribution is 2.28. The number of amides is 2. The highest BCUT2D eigenvalue weighted by atomic mass is 35.5. The van der Waals surface area contributed by atoms with Crippen LogP contribution in [0.15, 0.2) is 29.4 Å². The van der Waals surface area contributed by atoms with Gasteiger partial charge in [0.2, 0.25) is 5.91 Å². The van der Waals surface area contributed by atoms with Gasteiger partial charge in [-0.15, -0.1) is 10.2 Å². The van der Waals surface area contributed by atoms with Crippen molar-refractivity contribution < 1.29 is 14.3 Å². The van der Waals surface area contributed by atoms with Crippen LogP contribution >= 0.6 is 23.4 Å². The zero-order valence-electron chi connectivity index (χ0n) is 17.6. The SMILES string of the molecule is Cn1c(SCC(=O)N2CCN(C(=O)OC(C)(C)C)CC2)nnc1-c1ccccc1Cl. The van der Waals surface area contributed by atoms with Crippen molar-refractivity contribution in [3.63, 3.8) is 0 Å². The molecule has 3 rings (SSSR count). The van der Waals surface area contributed by atoms with Crippen molar-refractivity contribution in [2.45, 2.75) is 31.5 Å². The van der Waals surface area contributed by atoms with Crippen LogP contribution in [-0.2, 0) is 16.6 Å². The number of thioether (sulfide) groups is 1. The molecule has 0 unspecified atom stereocenters. The lowest BCUT2D eigenvalue weighted by atomic mass is 10.2. The second-order valence-corrected chi connectivity index (χ2v) is 9.33. The fraction of sp³-hybridized carbons (Fsp3) is 0.500. The number of benzene rings is 1. The van der Waals surface area contributed by atoms with Crippen LogP contribution in [0.5, 0.6) is 0 Å². The molecule has 30 heavy (non-hydrogen) atoms. The van der Waals surface area contributed by atoms with Gasteiger partial charge in [-0.05, 0) is 32.9 Å². The van der Waals surface area contributed by atoms with Crippen molar-refractivity contribution in [2.75, 3.05) is 31.9 Å². The van der Waals surface area contributed by atoms with Crippen LogP contribution in [0, 0.1) is 0 Å². The van der Waals surface area contributed by atoms with Crippen LogP contribution in [0.4, 0.5) is 4.79 Å². The molecule has 0 N–H and O–H groups in total. The first kappa shape index (κ1) is 22.4. The predicted molar refractivity (Wildman–Crippen MR) is 117 cm³/mol. The van der Waals surface area contributed by atoms with Gasteiger partial charge in [0, 0.05) is 38.8 Å². The molecule has 2 aromatic rings. The zero-order valence-corrected chi connectivity index (χ0v) is 19.2. The summed E-state index contributed by atoms with van der Waals surface area (Å²) < 4.78 is 7.22. The smallest absolute Gasteiger partial charge is 0.410 e. The van der Waals surface area contributed by atoms with Crippen molar-refractivity contribution >= 4 is 35.4 Å². The van der Waals surface area contributed by atoms with Crippen molar-refractivity contribution in [1.82, 2.24) is 24.6 Å². The molecule has 2 heterocycles. The first-order valence-electron chi connectivity index (χ1n) is 9.68. The van der Waals surface area contributed by atoms with Gasteiger partial charge >= 0.3 is 6.09 Å². The summed E-state index contributed by atoms with van der Waals surface area (Å²) in [5, 5.41) is 9.66. The van der Waals surface area contributed by atoms with Crippen molar-refractivity contribution in [3.05, 3.63) is 29.3 Å². The normalized spacial score (nSPS) is 14.7. The minimum absolute atomic E-state index is 0.00568. The first-order valence-corrected chi connectivity index (χ1v) is 11.0. The largest absolute Gasteiger partial charge is 0.444 e. The molecule has 8 nitrogen and oxygen atoms in total. The van der Waals surface area contributed by atoms with Gasteiger partial charge < -0.3 is 19.1 Å². The molecule has 162 valence electrons. The van der Waals surface area contributed by atoms with E-state index in [1.165, 1.54) is 11.8 Å². The average molecular weight is 452 g/mol. The van der Waals surface area contributed by atoms with E-state index in [0.717, 1.165) is 5.56 Å². The fourth-order valence-electron chi connectivity index (χ4n) is 3.00. The van der Waals surface area contributed by atoms with E-state index in [1.807, 2.05) is 50.6 Å². The number of hydrogen-bond donors (Lipinski definition) is 0. The highest BCUT2D eigenvalue weighted by molar-refractivity contribution is 7.99. The third-order valence-electron chi connectivity index (χ3n) is 4.56. The summed E-state index contributed by atoms with van der Waals surface area (Å²) in [7, 11) is 1.85. The van der Waals surface area contributed by atoms with Gasteiger partial charge in [0.25, 0.3) is 0 Å². The molecule has 0 spiro atoms. The van der Waals surface area contributed by atoms with E-state index in [1.54, 1.807) is 15.9 Å². The maximum absolute atomic E-state index is 12.6. The Morgan fingerprint density at radius 3 is 2.37 bits per heavy atom. The Hall–Kier alpha value is -2.26. The summed E-state index contributed by atoms with van der Waals surface area (Å²) in [5.74, 6) is 0.911. The fourth-order valence-corrected chi connectivity index (χ4v) is 4.03. The number of carbonyl (C=O) groups excluding carboxylic acids is 2. The molecule has 1 aromatic heterocycles. The number of ether oxygens (including phenoxy) is 1. The number of nitrogens with zero attached hydrogens (tertiary/aromatic N) is 5. The second-order valence-electron chi connectivity index (χ2n) is 7.98. The van der Waals surface area contributed by atoms with Gasteiger partial charge in [0.1, 0.15) is 5.60 Å². The second kappa shape index (κ2) is 9.26. The Kier molecular flexibility index (Phi) is 6.92. The van der Waals surface area contributed by atoms with Gasteiger partial charge in [-0.2, -0.15) is 0 Å². The van der Waals surface area contributed by atoms with Crippen LogP contribution in [-0.4, -0.2) is 74.1 Å². The summed E-state index contributed by atoms with van der Waals surface area (Å²) in [4.78, 5) is 28.2. The number of hydrogen-bond acceptors (Lipinski definition) is 6. The Morgan fingerprint density at radius 1 is 1.10 bits per heavy atom. The Labute approximate surface area is 185 Å². The molecule has 1 aromatic carbocycles. The Bertz CT molecular complexity index is 919. The van der Waals surface area contributed by atoms with E-state index in [0.29, 0.717) is 42.2 Å². The molecule has 1 aliphatic heterocycles. The van der Waals surface area contributed by atoms with Crippen LogP contribution in [0.2, 0.25) is 5.02 Å². The molecule has 0 saturated carbocycles. The summed E-state index contributed by atoms with van der Waals surface area (Å²) in [6.07, 6.45) is -0.338. The summed E-state index contributed by atoms with van der Waals surface area (Å²) in [6, 6.07) is 7.44. The molecular weight excluding hydrogens is 426 g/mol. The molecule has 0 radical (unpaired) electrons. The van der Waals surface area contributed by atoms with E-state index in [9.17, 15) is 9.59 Å². The Balaban J connectivity index is 1.53. The summed E-state index contributed by atoms with van der Waals surface area (Å²) >= 11 is 7.59. The lowest BCUT2D eigenvalue weighted by Gasteiger charge is -2.35. The first-order chi connectivity index (χ1) is 14.2. The number of halogens is 1. The maximum atomic E-state index is 12.6. The molecule has 0 aliphatic carbocycles. The van der Waals surface area contributed by atoms with Crippen molar-refractivity contribution in [1.29, 1.82) is 0 Å². The maximum Gasteiger partial charge on any atom is 0.410 e. The molecule has 0 bridgehead atoms. The van der Waals surface area contributed by atoms with Gasteiger partial charge in [-0.3, -0.25) is 4.79 Å². The predicted octanol–water partition coefficient (Wildman–Crippen LogP) is 3.31. The van der Waals surface area contributed by atoms with Crippen LogP contribution in [0.3, 0.4) is 0 Å². The molecule has 1 saturated heterocycles. The molecule has 0 atom stereocenters. The van der Waals surface area contributed by atoms with Crippen molar-refractivity contribution in [3.8, 4) is 11.4 Å². The van der Waals surface area contributed by atoms with Crippen LogP contribution in [0.25, 0.3) is 11.4 Å². The van der Waals surface area contributed by atoms with E-state index < -0.39 is 5.60 Å². The topological polar surface area (TPSA) is 80.6 Å². The summed E-state index contributed by atoms with van der Waals surface area (Å²) in [6.45, 7) is 7.42. The third-order valence-corrected chi connectivity index (χ3v) is 5.89.